The molecule has 0 radical (unpaired) electrons. The van der Waals surface area contributed by atoms with E-state index in [4.69, 9.17) is 0 Å². The van der Waals surface area contributed by atoms with E-state index in [1.807, 2.05) is 0 Å². The lowest BCUT2D eigenvalue weighted by molar-refractivity contribution is -0.126. The molecule has 3 nitrogen and oxygen atoms in total. The molecule has 110 valence electrons. The van der Waals surface area contributed by atoms with Crippen molar-refractivity contribution >= 4 is 5.91 Å². The van der Waals surface area contributed by atoms with Crippen LogP contribution in [-0.4, -0.2) is 25.0 Å². The summed E-state index contributed by atoms with van der Waals surface area (Å²) in [5.74, 6) is 2.28. The van der Waals surface area contributed by atoms with Crippen LogP contribution in [0.2, 0.25) is 0 Å². The van der Waals surface area contributed by atoms with Crippen molar-refractivity contribution in [2.24, 2.45) is 17.8 Å². The molecule has 1 saturated carbocycles. The molecule has 2 aliphatic rings. The minimum absolute atomic E-state index is 0.259. The lowest BCUT2D eigenvalue weighted by atomic mass is 9.81. The van der Waals surface area contributed by atoms with E-state index in [1.54, 1.807) is 0 Å². The molecule has 1 heterocycles. The molecule has 1 saturated heterocycles. The van der Waals surface area contributed by atoms with Crippen molar-refractivity contribution in [3.63, 3.8) is 0 Å². The fourth-order valence-electron chi connectivity index (χ4n) is 3.61. The lowest BCUT2D eigenvalue weighted by Crippen LogP contribution is -2.44. The number of hydrogen-bond donors (Lipinski definition) is 2. The summed E-state index contributed by atoms with van der Waals surface area (Å²) in [6, 6.07) is 0.450. The van der Waals surface area contributed by atoms with E-state index < -0.39 is 0 Å². The summed E-state index contributed by atoms with van der Waals surface area (Å²) in [6.45, 7) is 6.62. The number of nitrogens with one attached hydrogen (secondary N) is 2. The predicted octanol–water partition coefficient (Wildman–Crippen LogP) is 2.71. The summed E-state index contributed by atoms with van der Waals surface area (Å²) < 4.78 is 0. The lowest BCUT2D eigenvalue weighted by Gasteiger charge is -2.31. The zero-order valence-corrected chi connectivity index (χ0v) is 12.6. The van der Waals surface area contributed by atoms with Gasteiger partial charge < -0.3 is 10.6 Å². The molecule has 0 aromatic carbocycles. The number of carbonyl (C=O) groups is 1. The molecule has 0 aromatic rings. The van der Waals surface area contributed by atoms with Gasteiger partial charge in [-0.2, -0.15) is 0 Å². The highest BCUT2D eigenvalue weighted by molar-refractivity contribution is 5.79. The average molecular weight is 266 g/mol. The maximum absolute atomic E-state index is 12.2. The molecular weight excluding hydrogens is 236 g/mol. The van der Waals surface area contributed by atoms with Gasteiger partial charge in [0.25, 0.3) is 0 Å². The fraction of sp³-hybridized carbons (Fsp3) is 0.938. The normalized spacial score (nSPS) is 29.4. The Morgan fingerprint density at radius 1 is 1.11 bits per heavy atom. The fourth-order valence-corrected chi connectivity index (χ4v) is 3.61. The first-order valence-corrected chi connectivity index (χ1v) is 8.16. The van der Waals surface area contributed by atoms with Gasteiger partial charge in [0.2, 0.25) is 5.91 Å². The minimum atomic E-state index is 0.259. The van der Waals surface area contributed by atoms with Gasteiger partial charge in [0.05, 0.1) is 0 Å². The van der Waals surface area contributed by atoms with Crippen LogP contribution in [0.15, 0.2) is 0 Å². The van der Waals surface area contributed by atoms with Crippen LogP contribution in [0.4, 0.5) is 0 Å². The summed E-state index contributed by atoms with van der Waals surface area (Å²) in [5.41, 5.74) is 0. The zero-order chi connectivity index (χ0) is 13.7. The molecule has 0 aromatic heterocycles. The summed E-state index contributed by atoms with van der Waals surface area (Å²) >= 11 is 0. The molecule has 2 fully saturated rings. The van der Waals surface area contributed by atoms with Crippen LogP contribution in [0, 0.1) is 17.8 Å². The highest BCUT2D eigenvalue weighted by Crippen LogP contribution is 2.29. The summed E-state index contributed by atoms with van der Waals surface area (Å²) in [6.07, 6.45) is 8.35. The van der Waals surface area contributed by atoms with Gasteiger partial charge in [-0.15, -0.1) is 0 Å². The van der Waals surface area contributed by atoms with Crippen LogP contribution < -0.4 is 10.6 Å². The molecule has 19 heavy (non-hydrogen) atoms. The maximum atomic E-state index is 12.2. The van der Waals surface area contributed by atoms with Crippen LogP contribution in [0.1, 0.15) is 58.8 Å². The number of amides is 1. The number of piperidine rings is 1. The van der Waals surface area contributed by atoms with Crippen molar-refractivity contribution in [1.82, 2.24) is 10.6 Å². The van der Waals surface area contributed by atoms with Crippen LogP contribution in [0.25, 0.3) is 0 Å². The van der Waals surface area contributed by atoms with Gasteiger partial charge in [0, 0.05) is 12.0 Å². The van der Waals surface area contributed by atoms with Crippen molar-refractivity contribution in [2.45, 2.75) is 64.8 Å². The predicted molar refractivity (Wildman–Crippen MR) is 78.9 cm³/mol. The van der Waals surface area contributed by atoms with Crippen LogP contribution >= 0.6 is 0 Å². The quantitative estimate of drug-likeness (QED) is 0.821. The van der Waals surface area contributed by atoms with Gasteiger partial charge in [0.1, 0.15) is 0 Å². The molecule has 0 spiro atoms. The molecule has 1 aliphatic carbocycles. The smallest absolute Gasteiger partial charge is 0.223 e. The van der Waals surface area contributed by atoms with Crippen molar-refractivity contribution in [1.29, 1.82) is 0 Å². The second-order valence-electron chi connectivity index (χ2n) is 6.88. The first kappa shape index (κ1) is 14.8. The Bertz CT molecular complexity index is 276. The molecular formula is C16H30N2O. The van der Waals surface area contributed by atoms with E-state index in [0.717, 1.165) is 37.8 Å². The van der Waals surface area contributed by atoms with Gasteiger partial charge in [-0.1, -0.05) is 13.8 Å². The summed E-state index contributed by atoms with van der Waals surface area (Å²) in [5, 5.41) is 6.61. The van der Waals surface area contributed by atoms with Gasteiger partial charge >= 0.3 is 0 Å². The van der Waals surface area contributed by atoms with Crippen LogP contribution in [-0.2, 0) is 4.79 Å². The van der Waals surface area contributed by atoms with E-state index in [2.05, 4.69) is 24.5 Å². The van der Waals surface area contributed by atoms with Crippen LogP contribution in [0.3, 0.4) is 0 Å². The van der Waals surface area contributed by atoms with E-state index >= 15 is 0 Å². The highest BCUT2D eigenvalue weighted by atomic mass is 16.1. The first-order valence-electron chi connectivity index (χ1n) is 8.16. The first-order chi connectivity index (χ1) is 9.15. The van der Waals surface area contributed by atoms with Crippen LogP contribution in [0.5, 0.6) is 0 Å². The molecule has 1 amide bonds. The topological polar surface area (TPSA) is 41.1 Å². The second-order valence-corrected chi connectivity index (χ2v) is 6.88. The van der Waals surface area contributed by atoms with E-state index in [0.29, 0.717) is 11.9 Å². The third-order valence-electron chi connectivity index (χ3n) is 4.71. The van der Waals surface area contributed by atoms with Gasteiger partial charge in [-0.05, 0) is 69.9 Å². The Kier molecular flexibility index (Phi) is 5.68. The monoisotopic (exact) mass is 266 g/mol. The van der Waals surface area contributed by atoms with Gasteiger partial charge in [-0.25, -0.2) is 0 Å². The Hall–Kier alpha value is -0.570. The third-order valence-corrected chi connectivity index (χ3v) is 4.71. The Morgan fingerprint density at radius 3 is 2.32 bits per heavy atom. The highest BCUT2D eigenvalue weighted by Gasteiger charge is 2.26. The summed E-state index contributed by atoms with van der Waals surface area (Å²) in [7, 11) is 0. The number of rotatable bonds is 4. The second kappa shape index (κ2) is 7.28. The van der Waals surface area contributed by atoms with E-state index in [-0.39, 0.29) is 5.92 Å². The Labute approximate surface area is 117 Å². The largest absolute Gasteiger partial charge is 0.353 e. The molecule has 3 heteroatoms. The van der Waals surface area contributed by atoms with Crippen molar-refractivity contribution in [3.8, 4) is 0 Å². The molecule has 0 atom stereocenters. The van der Waals surface area contributed by atoms with Crippen molar-refractivity contribution in [2.75, 3.05) is 13.1 Å². The molecule has 1 aliphatic heterocycles. The average Bonchev–Trinajstić information content (AvgIpc) is 2.41. The Morgan fingerprint density at radius 2 is 1.74 bits per heavy atom. The molecule has 2 N–H and O–H groups in total. The third kappa shape index (κ3) is 4.79. The van der Waals surface area contributed by atoms with Gasteiger partial charge in [-0.3, -0.25) is 4.79 Å². The standard InChI is InChI=1S/C16H30N2O/c1-12(2)11-13-3-5-15(6-4-13)18-16(19)14-7-9-17-10-8-14/h12-15,17H,3-11H2,1-2H3,(H,18,19)/t13-,15-. The van der Waals surface area contributed by atoms with E-state index in [1.165, 1.54) is 32.1 Å². The van der Waals surface area contributed by atoms with Crippen molar-refractivity contribution < 1.29 is 4.79 Å². The van der Waals surface area contributed by atoms with Gasteiger partial charge in [0.15, 0.2) is 0 Å². The number of hydrogen-bond acceptors (Lipinski definition) is 2. The summed E-state index contributed by atoms with van der Waals surface area (Å²) in [4.78, 5) is 12.2. The molecule has 0 unspecified atom stereocenters. The zero-order valence-electron chi connectivity index (χ0n) is 12.6. The number of carbonyl (C=O) groups excluding carboxylic acids is 1. The Balaban J connectivity index is 1.68. The minimum Gasteiger partial charge on any atom is -0.353 e. The maximum Gasteiger partial charge on any atom is 0.223 e. The molecule has 2 rings (SSSR count). The SMILES string of the molecule is CC(C)C[C@H]1CC[C@H](NC(=O)C2CCNCC2)CC1. The molecule has 0 bridgehead atoms. The van der Waals surface area contributed by atoms with Crippen molar-refractivity contribution in [3.05, 3.63) is 0 Å². The van der Waals surface area contributed by atoms with E-state index in [9.17, 15) is 4.79 Å².